The van der Waals surface area contributed by atoms with E-state index in [1.165, 1.54) is 38.5 Å². The highest BCUT2D eigenvalue weighted by Gasteiger charge is 2.77. The Balaban J connectivity index is 1.54. The van der Waals surface area contributed by atoms with Gasteiger partial charge < -0.3 is 10.2 Å². The van der Waals surface area contributed by atoms with Gasteiger partial charge in [-0.25, -0.2) is 0 Å². The molecule has 9 atom stereocenters. The molecule has 4 saturated carbocycles. The summed E-state index contributed by atoms with van der Waals surface area (Å²) in [6.45, 7) is 5.42. The van der Waals surface area contributed by atoms with E-state index in [1.807, 2.05) is 0 Å². The van der Waals surface area contributed by atoms with Crippen LogP contribution in [0, 0.1) is 46.3 Å². The molecule has 0 amide bonds. The van der Waals surface area contributed by atoms with E-state index in [0.717, 1.165) is 36.0 Å². The highest BCUT2D eigenvalue weighted by atomic mass is 16.3. The Labute approximate surface area is 140 Å². The molecule has 0 radical (unpaired) electrons. The first-order chi connectivity index (χ1) is 11.0. The van der Waals surface area contributed by atoms with Gasteiger partial charge in [0.25, 0.3) is 0 Å². The zero-order valence-electron chi connectivity index (χ0n) is 14.7. The molecule has 0 saturated heterocycles. The van der Waals surface area contributed by atoms with Gasteiger partial charge in [-0.05, 0) is 91.3 Å². The first kappa shape index (κ1) is 15.0. The third-order valence-electron chi connectivity index (χ3n) is 9.30. The van der Waals surface area contributed by atoms with E-state index in [4.69, 9.17) is 0 Å². The lowest BCUT2D eigenvalue weighted by molar-refractivity contribution is -0.0858. The van der Waals surface area contributed by atoms with E-state index in [0.29, 0.717) is 23.4 Å². The summed E-state index contributed by atoms with van der Waals surface area (Å²) in [6.07, 6.45) is 10.8. The van der Waals surface area contributed by atoms with E-state index in [2.05, 4.69) is 19.9 Å². The summed E-state index contributed by atoms with van der Waals surface area (Å²) in [4.78, 5) is 0. The second-order valence-electron chi connectivity index (χ2n) is 9.88. The summed E-state index contributed by atoms with van der Waals surface area (Å²) in [7, 11) is 0. The number of hydrogen-bond donors (Lipinski definition) is 2. The third-order valence-corrected chi connectivity index (χ3v) is 9.30. The molecule has 23 heavy (non-hydrogen) atoms. The molecule has 1 spiro atoms. The van der Waals surface area contributed by atoms with E-state index < -0.39 is 0 Å². The van der Waals surface area contributed by atoms with Gasteiger partial charge in [0, 0.05) is 6.61 Å². The minimum absolute atomic E-state index is 0.184. The zero-order valence-corrected chi connectivity index (χ0v) is 14.7. The van der Waals surface area contributed by atoms with Gasteiger partial charge in [-0.2, -0.15) is 0 Å². The molecule has 0 unspecified atom stereocenters. The summed E-state index contributed by atoms with van der Waals surface area (Å²) in [5, 5.41) is 20.0. The van der Waals surface area contributed by atoms with Gasteiger partial charge in [-0.1, -0.05) is 25.5 Å². The van der Waals surface area contributed by atoms with Crippen LogP contribution < -0.4 is 0 Å². The molecule has 2 heteroatoms. The fourth-order valence-electron chi connectivity index (χ4n) is 8.43. The summed E-state index contributed by atoms with van der Waals surface area (Å²) in [5.41, 5.74) is 2.55. The SMILES string of the molecule is C[C@@H]1CC2=C[C@@H](O)CC[C@@H]2[C@H]2CC[C@]3(C)[C@H](CO)C[C@H]4C[C@]43[C@@H]21. The van der Waals surface area contributed by atoms with Crippen LogP contribution >= 0.6 is 0 Å². The Bertz CT molecular complexity index is 554. The Hall–Kier alpha value is -0.340. The summed E-state index contributed by atoms with van der Waals surface area (Å²) >= 11 is 0. The Morgan fingerprint density at radius 2 is 2.09 bits per heavy atom. The van der Waals surface area contributed by atoms with E-state index >= 15 is 0 Å². The van der Waals surface area contributed by atoms with Gasteiger partial charge in [0.2, 0.25) is 0 Å². The second kappa shape index (κ2) is 4.64. The van der Waals surface area contributed by atoms with Gasteiger partial charge in [0.1, 0.15) is 0 Å². The van der Waals surface area contributed by atoms with Crippen LogP contribution in [0.15, 0.2) is 11.6 Å². The van der Waals surface area contributed by atoms with Crippen molar-refractivity contribution in [1.82, 2.24) is 0 Å². The van der Waals surface area contributed by atoms with Crippen molar-refractivity contribution < 1.29 is 10.2 Å². The molecule has 5 aliphatic rings. The average molecular weight is 316 g/mol. The normalized spacial score (nSPS) is 60.2. The number of allylic oxidation sites excluding steroid dienone is 1. The largest absolute Gasteiger partial charge is 0.396 e. The maximum atomic E-state index is 10.0. The lowest BCUT2D eigenvalue weighted by Crippen LogP contribution is -2.52. The number of hydrogen-bond acceptors (Lipinski definition) is 2. The number of aliphatic hydroxyl groups excluding tert-OH is 2. The van der Waals surface area contributed by atoms with Crippen molar-refractivity contribution in [2.24, 2.45) is 46.3 Å². The summed E-state index contributed by atoms with van der Waals surface area (Å²) in [5.74, 6) is 4.70. The van der Waals surface area contributed by atoms with E-state index in [9.17, 15) is 10.2 Å². The number of aliphatic hydroxyl groups is 2. The van der Waals surface area contributed by atoms with Crippen molar-refractivity contribution in [2.75, 3.05) is 6.61 Å². The molecular formula is C21H32O2. The second-order valence-corrected chi connectivity index (χ2v) is 9.88. The molecule has 0 aliphatic heterocycles. The standard InChI is InChI=1S/C21H32O2/c1-12-7-13-8-16(23)3-4-17(13)18-5-6-20(2)15(11-22)9-14-10-21(14,20)19(12)18/h8,12,14-19,22-23H,3-7,9-11H2,1-2H3/t12-,14+,15+,16+,17+,18-,19-,20-,21-/m1/s1. The molecule has 4 fully saturated rings. The molecule has 5 aliphatic carbocycles. The van der Waals surface area contributed by atoms with Crippen molar-refractivity contribution in [3.8, 4) is 0 Å². The van der Waals surface area contributed by atoms with E-state index in [1.54, 1.807) is 5.57 Å². The minimum atomic E-state index is -0.184. The maximum absolute atomic E-state index is 10.0. The number of fused-ring (bicyclic) bond motifs is 3. The predicted molar refractivity (Wildman–Crippen MR) is 90.6 cm³/mol. The van der Waals surface area contributed by atoms with Crippen molar-refractivity contribution in [3.63, 3.8) is 0 Å². The smallest absolute Gasteiger partial charge is 0.0723 e. The van der Waals surface area contributed by atoms with Crippen molar-refractivity contribution >= 4 is 0 Å². The summed E-state index contributed by atoms with van der Waals surface area (Å²) < 4.78 is 0. The van der Waals surface area contributed by atoms with Crippen LogP contribution in [0.4, 0.5) is 0 Å². The Kier molecular flexibility index (Phi) is 3.01. The van der Waals surface area contributed by atoms with Crippen molar-refractivity contribution in [2.45, 2.75) is 64.9 Å². The molecule has 0 aromatic heterocycles. The predicted octanol–water partition coefficient (Wildman–Crippen LogP) is 3.77. The molecule has 0 bridgehead atoms. The van der Waals surface area contributed by atoms with E-state index in [-0.39, 0.29) is 6.10 Å². The van der Waals surface area contributed by atoms with Crippen LogP contribution in [0.2, 0.25) is 0 Å². The number of rotatable bonds is 1. The highest BCUT2D eigenvalue weighted by Crippen LogP contribution is 2.83. The molecule has 2 N–H and O–H groups in total. The van der Waals surface area contributed by atoms with Crippen LogP contribution in [0.1, 0.15) is 58.8 Å². The van der Waals surface area contributed by atoms with Gasteiger partial charge in [0.15, 0.2) is 0 Å². The minimum Gasteiger partial charge on any atom is -0.396 e. The quantitative estimate of drug-likeness (QED) is 0.723. The highest BCUT2D eigenvalue weighted by molar-refractivity contribution is 5.29. The van der Waals surface area contributed by atoms with Crippen LogP contribution in [0.3, 0.4) is 0 Å². The van der Waals surface area contributed by atoms with Crippen LogP contribution in [0.5, 0.6) is 0 Å². The van der Waals surface area contributed by atoms with Crippen LogP contribution in [-0.4, -0.2) is 22.9 Å². The molecule has 2 nitrogen and oxygen atoms in total. The maximum Gasteiger partial charge on any atom is 0.0723 e. The third kappa shape index (κ3) is 1.68. The van der Waals surface area contributed by atoms with Gasteiger partial charge in [0.05, 0.1) is 6.10 Å². The molecule has 128 valence electrons. The fourth-order valence-corrected chi connectivity index (χ4v) is 8.43. The topological polar surface area (TPSA) is 40.5 Å². The van der Waals surface area contributed by atoms with Crippen molar-refractivity contribution in [1.29, 1.82) is 0 Å². The zero-order chi connectivity index (χ0) is 16.0. The lowest BCUT2D eigenvalue weighted by atomic mass is 9.46. The summed E-state index contributed by atoms with van der Waals surface area (Å²) in [6, 6.07) is 0. The van der Waals surface area contributed by atoms with Crippen LogP contribution in [-0.2, 0) is 0 Å². The fraction of sp³-hybridized carbons (Fsp3) is 0.905. The Morgan fingerprint density at radius 3 is 2.87 bits per heavy atom. The monoisotopic (exact) mass is 316 g/mol. The van der Waals surface area contributed by atoms with Crippen molar-refractivity contribution in [3.05, 3.63) is 11.6 Å². The first-order valence-electron chi connectivity index (χ1n) is 10.0. The van der Waals surface area contributed by atoms with Crippen LogP contribution in [0.25, 0.3) is 0 Å². The van der Waals surface area contributed by atoms with Gasteiger partial charge >= 0.3 is 0 Å². The molecule has 0 aromatic rings. The average Bonchev–Trinajstić information content (AvgIpc) is 3.17. The Morgan fingerprint density at radius 1 is 1.26 bits per heavy atom. The molecule has 5 rings (SSSR count). The first-order valence-corrected chi connectivity index (χ1v) is 10.0. The molecule has 0 aromatic carbocycles. The molecule has 0 heterocycles. The van der Waals surface area contributed by atoms with Gasteiger partial charge in [-0.15, -0.1) is 0 Å². The lowest BCUT2D eigenvalue weighted by Gasteiger charge is -2.58. The molecular weight excluding hydrogens is 284 g/mol. The van der Waals surface area contributed by atoms with Gasteiger partial charge in [-0.3, -0.25) is 0 Å².